The first-order valence-corrected chi connectivity index (χ1v) is 10.7. The molecule has 154 valence electrons. The first-order valence-electron chi connectivity index (χ1n) is 10.7. The van der Waals surface area contributed by atoms with E-state index in [1.165, 1.54) is 5.56 Å². The highest BCUT2D eigenvalue weighted by atomic mass is 16.5. The van der Waals surface area contributed by atoms with Crippen LogP contribution in [0.15, 0.2) is 48.5 Å². The van der Waals surface area contributed by atoms with Gasteiger partial charge in [0.2, 0.25) is 5.91 Å². The van der Waals surface area contributed by atoms with Crippen molar-refractivity contribution in [2.24, 2.45) is 5.92 Å². The summed E-state index contributed by atoms with van der Waals surface area (Å²) in [6, 6.07) is 16.6. The minimum atomic E-state index is -0.119. The second-order valence-electron chi connectivity index (χ2n) is 8.06. The highest BCUT2D eigenvalue weighted by Gasteiger charge is 2.25. The third kappa shape index (κ3) is 5.17. The lowest BCUT2D eigenvalue weighted by Crippen LogP contribution is -2.45. The van der Waals surface area contributed by atoms with Crippen molar-refractivity contribution in [2.45, 2.75) is 26.4 Å². The predicted octanol–water partition coefficient (Wildman–Crippen LogP) is 2.69. The van der Waals surface area contributed by atoms with Gasteiger partial charge in [-0.15, -0.1) is 0 Å². The number of carbonyl (C=O) groups is 1. The van der Waals surface area contributed by atoms with Crippen LogP contribution in [-0.4, -0.2) is 55.0 Å². The average molecular weight is 394 g/mol. The van der Waals surface area contributed by atoms with Gasteiger partial charge in [0, 0.05) is 39.3 Å². The zero-order chi connectivity index (χ0) is 20.1. The fourth-order valence-electron chi connectivity index (χ4n) is 4.11. The van der Waals surface area contributed by atoms with Crippen molar-refractivity contribution >= 4 is 5.91 Å². The van der Waals surface area contributed by atoms with E-state index in [2.05, 4.69) is 46.3 Å². The van der Waals surface area contributed by atoms with Gasteiger partial charge < -0.3 is 15.0 Å². The van der Waals surface area contributed by atoms with Gasteiger partial charge in [-0.2, -0.15) is 0 Å². The largest absolute Gasteiger partial charge is 0.492 e. The summed E-state index contributed by atoms with van der Waals surface area (Å²) in [7, 11) is 0. The Morgan fingerprint density at radius 3 is 2.45 bits per heavy atom. The standard InChI is InChI=1S/C24H31N3O2/c1-2-26-11-13-27(14-12-26)17-20-9-7-19(8-10-20)16-25-24(28)22-15-21-5-3-4-6-23(21)29-18-22/h3-10,22H,2,11-18H2,1H3,(H,25,28)/t22-/m1/s1. The van der Waals surface area contributed by atoms with E-state index in [1.807, 2.05) is 24.3 Å². The Hall–Kier alpha value is -2.37. The Bertz CT molecular complexity index is 813. The van der Waals surface area contributed by atoms with E-state index in [1.54, 1.807) is 0 Å². The van der Waals surface area contributed by atoms with Crippen LogP contribution in [0.4, 0.5) is 0 Å². The van der Waals surface area contributed by atoms with Crippen LogP contribution in [0.5, 0.6) is 5.75 Å². The third-order valence-corrected chi connectivity index (χ3v) is 6.06. The van der Waals surface area contributed by atoms with Crippen LogP contribution in [0.3, 0.4) is 0 Å². The van der Waals surface area contributed by atoms with E-state index in [0.29, 0.717) is 13.2 Å². The molecule has 0 bridgehead atoms. The van der Waals surface area contributed by atoms with Gasteiger partial charge in [0.25, 0.3) is 0 Å². The molecule has 5 heteroatoms. The molecule has 2 aliphatic rings. The van der Waals surface area contributed by atoms with Crippen molar-refractivity contribution in [3.05, 3.63) is 65.2 Å². The van der Waals surface area contributed by atoms with E-state index in [9.17, 15) is 4.79 Å². The Kier molecular flexibility index (Phi) is 6.47. The second kappa shape index (κ2) is 9.42. The predicted molar refractivity (Wildman–Crippen MR) is 115 cm³/mol. The summed E-state index contributed by atoms with van der Waals surface area (Å²) in [5.74, 6) is 0.853. The number of benzene rings is 2. The molecule has 5 nitrogen and oxygen atoms in total. The minimum absolute atomic E-state index is 0.0670. The molecular weight excluding hydrogens is 362 g/mol. The van der Waals surface area contributed by atoms with Gasteiger partial charge in [0.15, 0.2) is 0 Å². The molecule has 0 aliphatic carbocycles. The molecule has 1 fully saturated rings. The van der Waals surface area contributed by atoms with Crippen LogP contribution in [0.1, 0.15) is 23.6 Å². The number of para-hydroxylation sites is 1. The first kappa shape index (κ1) is 19.9. The number of rotatable bonds is 6. The minimum Gasteiger partial charge on any atom is -0.492 e. The lowest BCUT2D eigenvalue weighted by atomic mass is 9.96. The van der Waals surface area contributed by atoms with E-state index < -0.39 is 0 Å². The van der Waals surface area contributed by atoms with Crippen LogP contribution in [0, 0.1) is 5.92 Å². The maximum atomic E-state index is 12.6. The summed E-state index contributed by atoms with van der Waals surface area (Å²) in [4.78, 5) is 17.6. The zero-order valence-corrected chi connectivity index (χ0v) is 17.3. The number of likely N-dealkylation sites (N-methyl/N-ethyl adjacent to an activating group) is 1. The van der Waals surface area contributed by atoms with E-state index in [-0.39, 0.29) is 11.8 Å². The lowest BCUT2D eigenvalue weighted by molar-refractivity contribution is -0.126. The van der Waals surface area contributed by atoms with Crippen LogP contribution < -0.4 is 10.1 Å². The molecule has 2 aliphatic heterocycles. The summed E-state index contributed by atoms with van der Waals surface area (Å²) in [5.41, 5.74) is 3.58. The summed E-state index contributed by atoms with van der Waals surface area (Å²) < 4.78 is 5.74. The van der Waals surface area contributed by atoms with Crippen molar-refractivity contribution < 1.29 is 9.53 Å². The SMILES string of the molecule is CCN1CCN(Cc2ccc(CNC(=O)[C@H]3COc4ccccc4C3)cc2)CC1. The Morgan fingerprint density at radius 2 is 1.69 bits per heavy atom. The van der Waals surface area contributed by atoms with Crippen molar-refractivity contribution in [3.8, 4) is 5.75 Å². The molecule has 0 aromatic heterocycles. The van der Waals surface area contributed by atoms with E-state index in [0.717, 1.165) is 62.6 Å². The molecule has 0 radical (unpaired) electrons. The number of carbonyl (C=O) groups excluding carboxylic acids is 1. The molecule has 29 heavy (non-hydrogen) atoms. The van der Waals surface area contributed by atoms with Crippen LogP contribution in [0.2, 0.25) is 0 Å². The second-order valence-corrected chi connectivity index (χ2v) is 8.06. The Morgan fingerprint density at radius 1 is 1.00 bits per heavy atom. The van der Waals surface area contributed by atoms with Gasteiger partial charge in [-0.1, -0.05) is 49.4 Å². The Labute approximate surface area is 173 Å². The highest BCUT2D eigenvalue weighted by Crippen LogP contribution is 2.26. The molecule has 4 rings (SSSR count). The molecule has 1 atom stereocenters. The van der Waals surface area contributed by atoms with Crippen molar-refractivity contribution in [1.29, 1.82) is 0 Å². The quantitative estimate of drug-likeness (QED) is 0.820. The van der Waals surface area contributed by atoms with Gasteiger partial charge in [-0.05, 0) is 35.7 Å². The van der Waals surface area contributed by atoms with Gasteiger partial charge in [-0.3, -0.25) is 9.69 Å². The van der Waals surface area contributed by atoms with Crippen LogP contribution >= 0.6 is 0 Å². The molecule has 1 N–H and O–H groups in total. The number of nitrogens with zero attached hydrogens (tertiary/aromatic N) is 2. The monoisotopic (exact) mass is 393 g/mol. The molecule has 1 amide bonds. The fraction of sp³-hybridized carbons (Fsp3) is 0.458. The highest BCUT2D eigenvalue weighted by molar-refractivity contribution is 5.79. The van der Waals surface area contributed by atoms with Crippen molar-refractivity contribution in [2.75, 3.05) is 39.3 Å². The summed E-state index contributed by atoms with van der Waals surface area (Å²) >= 11 is 0. The molecule has 0 unspecified atom stereocenters. The zero-order valence-electron chi connectivity index (χ0n) is 17.3. The summed E-state index contributed by atoms with van der Waals surface area (Å²) in [6.07, 6.45) is 0.742. The molecule has 2 aromatic rings. The van der Waals surface area contributed by atoms with Gasteiger partial charge in [0.1, 0.15) is 12.4 Å². The molecule has 2 aromatic carbocycles. The van der Waals surface area contributed by atoms with Crippen molar-refractivity contribution in [3.63, 3.8) is 0 Å². The normalized spacial score (nSPS) is 20.0. The fourth-order valence-corrected chi connectivity index (χ4v) is 4.11. The van der Waals surface area contributed by atoms with E-state index in [4.69, 9.17) is 4.74 Å². The average Bonchev–Trinajstić information content (AvgIpc) is 2.78. The van der Waals surface area contributed by atoms with Crippen molar-refractivity contribution in [1.82, 2.24) is 15.1 Å². The number of ether oxygens (including phenoxy) is 1. The van der Waals surface area contributed by atoms with E-state index >= 15 is 0 Å². The maximum absolute atomic E-state index is 12.6. The number of fused-ring (bicyclic) bond motifs is 1. The molecule has 1 saturated heterocycles. The number of nitrogens with one attached hydrogen (secondary N) is 1. The smallest absolute Gasteiger partial charge is 0.227 e. The topological polar surface area (TPSA) is 44.8 Å². The lowest BCUT2D eigenvalue weighted by Gasteiger charge is -2.34. The maximum Gasteiger partial charge on any atom is 0.227 e. The number of amides is 1. The Balaban J connectivity index is 1.24. The van der Waals surface area contributed by atoms with Gasteiger partial charge >= 0.3 is 0 Å². The summed E-state index contributed by atoms with van der Waals surface area (Å²) in [5, 5.41) is 3.08. The molecule has 2 heterocycles. The number of hydrogen-bond acceptors (Lipinski definition) is 4. The third-order valence-electron chi connectivity index (χ3n) is 6.06. The molecule has 0 spiro atoms. The van der Waals surface area contributed by atoms with Crippen LogP contribution in [0.25, 0.3) is 0 Å². The molecular formula is C24H31N3O2. The summed E-state index contributed by atoms with van der Waals surface area (Å²) in [6.45, 7) is 9.99. The number of piperazine rings is 1. The molecule has 0 saturated carbocycles. The van der Waals surface area contributed by atoms with Crippen LogP contribution in [-0.2, 0) is 24.3 Å². The van der Waals surface area contributed by atoms with Gasteiger partial charge in [-0.25, -0.2) is 0 Å². The van der Waals surface area contributed by atoms with Gasteiger partial charge in [0.05, 0.1) is 5.92 Å². The number of hydrogen-bond donors (Lipinski definition) is 1. The first-order chi connectivity index (χ1) is 14.2.